The van der Waals surface area contributed by atoms with E-state index in [1.54, 1.807) is 12.1 Å². The lowest BCUT2D eigenvalue weighted by molar-refractivity contribution is 0.560. The lowest BCUT2D eigenvalue weighted by Gasteiger charge is -2.13. The maximum absolute atomic E-state index is 12.2. The molecule has 0 fully saturated rings. The lowest BCUT2D eigenvalue weighted by Crippen LogP contribution is -2.27. The maximum Gasteiger partial charge on any atom is 0.240 e. The topological polar surface area (TPSA) is 58.2 Å². The molecule has 1 aromatic rings. The molecule has 1 rings (SSSR count). The lowest BCUT2D eigenvalue weighted by atomic mass is 10.1. The Morgan fingerprint density at radius 3 is 2.40 bits per heavy atom. The molecule has 0 saturated carbocycles. The van der Waals surface area contributed by atoms with Crippen LogP contribution in [-0.4, -0.2) is 21.5 Å². The molecule has 0 amide bonds. The third kappa shape index (κ3) is 4.89. The summed E-state index contributed by atoms with van der Waals surface area (Å²) in [4.78, 5) is 0.350. The molecule has 1 aromatic carbocycles. The predicted octanol–water partition coefficient (Wildman–Crippen LogP) is 2.29. The highest BCUT2D eigenvalue weighted by Gasteiger charge is 2.15. The van der Waals surface area contributed by atoms with E-state index < -0.39 is 10.0 Å². The van der Waals surface area contributed by atoms with Gasteiger partial charge in [0.25, 0.3) is 0 Å². The maximum atomic E-state index is 12.2. The Morgan fingerprint density at radius 2 is 1.85 bits per heavy atom. The predicted molar refractivity (Wildman–Crippen MR) is 83.2 cm³/mol. The molecule has 0 bridgehead atoms. The van der Waals surface area contributed by atoms with E-state index in [1.165, 1.54) is 5.56 Å². The van der Waals surface area contributed by atoms with Gasteiger partial charge < -0.3 is 5.32 Å². The van der Waals surface area contributed by atoms with Gasteiger partial charge in [0.05, 0.1) is 4.90 Å². The molecule has 0 radical (unpaired) electrons. The SMILES string of the molecule is CCNCc1cc(S(=O)(=O)NCC(C)C)ccc1CC. The summed E-state index contributed by atoms with van der Waals surface area (Å²) >= 11 is 0. The zero-order chi connectivity index (χ0) is 15.2. The minimum atomic E-state index is -3.41. The van der Waals surface area contributed by atoms with Gasteiger partial charge >= 0.3 is 0 Å². The molecule has 0 aliphatic rings. The summed E-state index contributed by atoms with van der Waals surface area (Å²) in [5, 5.41) is 3.25. The van der Waals surface area contributed by atoms with Crippen LogP contribution in [0.4, 0.5) is 0 Å². The number of hydrogen-bond acceptors (Lipinski definition) is 3. The molecule has 0 unspecified atom stereocenters. The van der Waals surface area contributed by atoms with Gasteiger partial charge in [-0.05, 0) is 42.1 Å². The quantitative estimate of drug-likeness (QED) is 0.774. The van der Waals surface area contributed by atoms with Gasteiger partial charge in [-0.2, -0.15) is 0 Å². The van der Waals surface area contributed by atoms with Gasteiger partial charge in [-0.3, -0.25) is 0 Å². The smallest absolute Gasteiger partial charge is 0.240 e. The standard InChI is InChI=1S/C15H26N2O2S/c1-5-13-7-8-15(9-14(13)11-16-6-2)20(18,19)17-10-12(3)4/h7-9,12,16-17H,5-6,10-11H2,1-4H3. The number of benzene rings is 1. The number of aryl methyl sites for hydroxylation is 1. The Morgan fingerprint density at radius 1 is 1.15 bits per heavy atom. The van der Waals surface area contributed by atoms with Crippen molar-refractivity contribution in [1.82, 2.24) is 10.0 Å². The van der Waals surface area contributed by atoms with Gasteiger partial charge in [-0.1, -0.05) is 33.8 Å². The molecule has 2 N–H and O–H groups in total. The monoisotopic (exact) mass is 298 g/mol. The Balaban J connectivity index is 3.00. The van der Waals surface area contributed by atoms with Crippen LogP contribution in [0.3, 0.4) is 0 Å². The van der Waals surface area contributed by atoms with E-state index in [0.29, 0.717) is 23.9 Å². The molecule has 0 atom stereocenters. The average Bonchev–Trinajstić information content (AvgIpc) is 2.42. The van der Waals surface area contributed by atoms with Crippen molar-refractivity contribution in [3.63, 3.8) is 0 Å². The van der Waals surface area contributed by atoms with E-state index in [4.69, 9.17) is 0 Å². The summed E-state index contributed by atoms with van der Waals surface area (Å²) in [7, 11) is -3.41. The van der Waals surface area contributed by atoms with Crippen molar-refractivity contribution in [2.75, 3.05) is 13.1 Å². The summed E-state index contributed by atoms with van der Waals surface area (Å²) in [5.74, 6) is 0.293. The first-order valence-corrected chi connectivity index (χ1v) is 8.71. The van der Waals surface area contributed by atoms with Gasteiger partial charge in [-0.15, -0.1) is 0 Å². The minimum absolute atomic E-state index is 0.293. The van der Waals surface area contributed by atoms with Crippen LogP contribution in [-0.2, 0) is 23.0 Å². The van der Waals surface area contributed by atoms with Crippen molar-refractivity contribution in [1.29, 1.82) is 0 Å². The Labute approximate surface area is 123 Å². The van der Waals surface area contributed by atoms with Crippen molar-refractivity contribution in [2.45, 2.75) is 45.6 Å². The second kappa shape index (κ2) is 7.76. The fourth-order valence-electron chi connectivity index (χ4n) is 1.90. The van der Waals surface area contributed by atoms with Crippen molar-refractivity contribution in [3.8, 4) is 0 Å². The molecule has 20 heavy (non-hydrogen) atoms. The van der Waals surface area contributed by atoms with Gasteiger partial charge in [-0.25, -0.2) is 13.1 Å². The molecule has 114 valence electrons. The van der Waals surface area contributed by atoms with Crippen LogP contribution in [0.5, 0.6) is 0 Å². The molecule has 0 aliphatic heterocycles. The van der Waals surface area contributed by atoms with Gasteiger partial charge in [0.2, 0.25) is 10.0 Å². The first-order chi connectivity index (χ1) is 9.40. The number of sulfonamides is 1. The van der Waals surface area contributed by atoms with Gasteiger partial charge in [0.1, 0.15) is 0 Å². The number of hydrogen-bond donors (Lipinski definition) is 2. The zero-order valence-corrected chi connectivity index (χ0v) is 13.7. The van der Waals surface area contributed by atoms with E-state index in [2.05, 4.69) is 17.0 Å². The van der Waals surface area contributed by atoms with Gasteiger partial charge in [0, 0.05) is 13.1 Å². The summed E-state index contributed by atoms with van der Waals surface area (Å²) < 4.78 is 27.1. The van der Waals surface area contributed by atoms with E-state index in [1.807, 2.05) is 26.8 Å². The van der Waals surface area contributed by atoms with E-state index >= 15 is 0 Å². The first-order valence-electron chi connectivity index (χ1n) is 7.22. The molecular formula is C15H26N2O2S. The Hall–Kier alpha value is -0.910. The van der Waals surface area contributed by atoms with Crippen molar-refractivity contribution in [3.05, 3.63) is 29.3 Å². The van der Waals surface area contributed by atoms with E-state index in [-0.39, 0.29) is 0 Å². The van der Waals surface area contributed by atoms with Crippen molar-refractivity contribution < 1.29 is 8.42 Å². The molecule has 4 nitrogen and oxygen atoms in total. The first kappa shape index (κ1) is 17.1. The highest BCUT2D eigenvalue weighted by molar-refractivity contribution is 7.89. The van der Waals surface area contributed by atoms with Crippen LogP contribution in [0, 0.1) is 5.92 Å². The van der Waals surface area contributed by atoms with Crippen LogP contribution < -0.4 is 10.0 Å². The molecule has 0 spiro atoms. The zero-order valence-electron chi connectivity index (χ0n) is 12.9. The normalized spacial score (nSPS) is 12.1. The minimum Gasteiger partial charge on any atom is -0.313 e. The highest BCUT2D eigenvalue weighted by Crippen LogP contribution is 2.17. The van der Waals surface area contributed by atoms with E-state index in [0.717, 1.165) is 18.5 Å². The number of rotatable bonds is 8. The molecular weight excluding hydrogens is 272 g/mol. The van der Waals surface area contributed by atoms with Crippen LogP contribution >= 0.6 is 0 Å². The molecule has 0 aliphatic carbocycles. The average molecular weight is 298 g/mol. The summed E-state index contributed by atoms with van der Waals surface area (Å²) in [6.07, 6.45) is 0.903. The fourth-order valence-corrected chi connectivity index (χ4v) is 3.16. The van der Waals surface area contributed by atoms with Crippen LogP contribution in [0.25, 0.3) is 0 Å². The van der Waals surface area contributed by atoms with Crippen molar-refractivity contribution in [2.24, 2.45) is 5.92 Å². The Bertz CT molecular complexity index is 525. The Kier molecular flexibility index (Phi) is 6.65. The molecule has 0 heterocycles. The fraction of sp³-hybridized carbons (Fsp3) is 0.600. The second-order valence-corrected chi connectivity index (χ2v) is 7.08. The van der Waals surface area contributed by atoms with Crippen molar-refractivity contribution >= 4 is 10.0 Å². The number of nitrogens with one attached hydrogen (secondary N) is 2. The third-order valence-electron chi connectivity index (χ3n) is 3.12. The van der Waals surface area contributed by atoms with Gasteiger partial charge in [0.15, 0.2) is 0 Å². The van der Waals surface area contributed by atoms with Crippen LogP contribution in [0.2, 0.25) is 0 Å². The summed E-state index contributed by atoms with van der Waals surface area (Å²) in [5.41, 5.74) is 2.25. The van der Waals surface area contributed by atoms with E-state index in [9.17, 15) is 8.42 Å². The highest BCUT2D eigenvalue weighted by atomic mass is 32.2. The largest absolute Gasteiger partial charge is 0.313 e. The molecule has 0 aromatic heterocycles. The summed E-state index contributed by atoms with van der Waals surface area (Å²) in [6.45, 7) is 10.1. The molecule has 0 saturated heterocycles. The second-order valence-electron chi connectivity index (χ2n) is 5.31. The summed E-state index contributed by atoms with van der Waals surface area (Å²) in [6, 6.07) is 5.39. The van der Waals surface area contributed by atoms with Crippen LogP contribution in [0.1, 0.15) is 38.8 Å². The van der Waals surface area contributed by atoms with Crippen LogP contribution in [0.15, 0.2) is 23.1 Å². The third-order valence-corrected chi connectivity index (χ3v) is 4.54. The molecule has 5 heteroatoms.